The van der Waals surface area contributed by atoms with Gasteiger partial charge in [0.05, 0.1) is 0 Å². The number of aromatic hydroxyl groups is 2. The maximum absolute atomic E-state index is 12.2. The summed E-state index contributed by atoms with van der Waals surface area (Å²) in [7, 11) is 0. The van der Waals surface area contributed by atoms with Crippen LogP contribution >= 0.6 is 0 Å². The van der Waals surface area contributed by atoms with Crippen LogP contribution < -0.4 is 0 Å². The molecule has 0 aliphatic carbocycles. The Morgan fingerprint density at radius 3 is 1.71 bits per heavy atom. The monoisotopic (exact) mass is 284 g/mol. The second-order valence-electron chi connectivity index (χ2n) is 5.29. The molecule has 0 saturated heterocycles. The zero-order valence-electron chi connectivity index (χ0n) is 12.3. The lowest BCUT2D eigenvalue weighted by Crippen LogP contribution is -2.18. The Morgan fingerprint density at radius 1 is 0.905 bits per heavy atom. The molecule has 2 aromatic carbocycles. The van der Waals surface area contributed by atoms with Crippen LogP contribution in [0, 0.1) is 0 Å². The van der Waals surface area contributed by atoms with Crippen molar-refractivity contribution in [1.82, 2.24) is 0 Å². The predicted molar refractivity (Wildman–Crippen MR) is 82.7 cm³/mol. The summed E-state index contributed by atoms with van der Waals surface area (Å²) in [6.45, 7) is 3.65. The van der Waals surface area contributed by atoms with Crippen LogP contribution in [0.3, 0.4) is 0 Å². The molecule has 3 heteroatoms. The van der Waals surface area contributed by atoms with E-state index in [1.807, 2.05) is 19.1 Å². The van der Waals surface area contributed by atoms with Gasteiger partial charge in [0, 0.05) is 5.92 Å². The maximum Gasteiger partial charge on any atom is 0.137 e. The fourth-order valence-corrected chi connectivity index (χ4v) is 2.82. The zero-order chi connectivity index (χ0) is 15.4. The first-order valence-electron chi connectivity index (χ1n) is 7.11. The van der Waals surface area contributed by atoms with Crippen LogP contribution in [0.15, 0.2) is 48.5 Å². The van der Waals surface area contributed by atoms with Crippen LogP contribution in [-0.4, -0.2) is 16.0 Å². The number of carbonyl (C=O) groups excluding carboxylic acids is 1. The van der Waals surface area contributed by atoms with E-state index in [0.29, 0.717) is 0 Å². The molecular formula is C18H20O3. The molecule has 0 amide bonds. The molecule has 0 unspecified atom stereocenters. The fourth-order valence-electron chi connectivity index (χ4n) is 2.82. The first-order valence-corrected chi connectivity index (χ1v) is 7.11. The third-order valence-electron chi connectivity index (χ3n) is 3.85. The van der Waals surface area contributed by atoms with E-state index in [4.69, 9.17) is 0 Å². The van der Waals surface area contributed by atoms with Gasteiger partial charge in [0.2, 0.25) is 0 Å². The summed E-state index contributed by atoms with van der Waals surface area (Å²) in [5, 5.41) is 18.8. The molecule has 2 atom stereocenters. The van der Waals surface area contributed by atoms with Crippen LogP contribution in [0.4, 0.5) is 0 Å². The van der Waals surface area contributed by atoms with Gasteiger partial charge in [-0.2, -0.15) is 0 Å². The fraction of sp³-hybridized carbons (Fsp3) is 0.278. The van der Waals surface area contributed by atoms with E-state index in [1.54, 1.807) is 43.3 Å². The van der Waals surface area contributed by atoms with E-state index >= 15 is 0 Å². The van der Waals surface area contributed by atoms with E-state index in [1.165, 1.54) is 0 Å². The molecule has 0 bridgehead atoms. The average Bonchev–Trinajstić information content (AvgIpc) is 2.47. The third-order valence-corrected chi connectivity index (χ3v) is 3.85. The second kappa shape index (κ2) is 6.44. The first kappa shape index (κ1) is 15.1. The Balaban J connectivity index is 2.41. The zero-order valence-corrected chi connectivity index (χ0v) is 12.3. The minimum atomic E-state index is -0.250. The standard InChI is InChI=1S/C18H20O3/c1-3-17(13-4-8-15(20)9-5-13)18(12(2)19)14-6-10-16(21)11-7-14/h4-11,17-18,20-21H,3H2,1-2H3/t17-,18+/m0/s1. The molecule has 110 valence electrons. The van der Waals surface area contributed by atoms with Crippen molar-refractivity contribution >= 4 is 5.78 Å². The van der Waals surface area contributed by atoms with Crippen molar-refractivity contribution in [3.63, 3.8) is 0 Å². The summed E-state index contributed by atoms with van der Waals surface area (Å²) in [5.74, 6) is 0.310. The molecule has 0 saturated carbocycles. The molecule has 0 aromatic heterocycles. The molecule has 0 aliphatic rings. The highest BCUT2D eigenvalue weighted by atomic mass is 16.3. The largest absolute Gasteiger partial charge is 0.508 e. The van der Waals surface area contributed by atoms with Gasteiger partial charge in [-0.25, -0.2) is 0 Å². The van der Waals surface area contributed by atoms with E-state index in [2.05, 4.69) is 0 Å². The van der Waals surface area contributed by atoms with Gasteiger partial charge >= 0.3 is 0 Å². The quantitative estimate of drug-likeness (QED) is 0.873. The highest BCUT2D eigenvalue weighted by molar-refractivity contribution is 5.84. The number of ketones is 1. The number of carbonyl (C=O) groups is 1. The molecule has 21 heavy (non-hydrogen) atoms. The van der Waals surface area contributed by atoms with Crippen LogP contribution in [0.1, 0.15) is 43.2 Å². The second-order valence-corrected chi connectivity index (χ2v) is 5.29. The summed E-state index contributed by atoms with van der Waals surface area (Å²) in [5.41, 5.74) is 1.93. The normalized spacial score (nSPS) is 13.6. The van der Waals surface area contributed by atoms with Gasteiger partial charge in [-0.05, 0) is 54.7 Å². The van der Waals surface area contributed by atoms with Gasteiger partial charge in [-0.1, -0.05) is 31.2 Å². The number of Topliss-reactive ketones (excluding diaryl/α,β-unsaturated/α-hetero) is 1. The van der Waals surface area contributed by atoms with E-state index in [-0.39, 0.29) is 29.1 Å². The smallest absolute Gasteiger partial charge is 0.137 e. The lowest BCUT2D eigenvalue weighted by molar-refractivity contribution is -0.118. The van der Waals surface area contributed by atoms with E-state index in [9.17, 15) is 15.0 Å². The minimum absolute atomic E-state index is 0.0487. The molecule has 0 spiro atoms. The summed E-state index contributed by atoms with van der Waals surface area (Å²) in [6.07, 6.45) is 0.815. The Morgan fingerprint density at radius 2 is 1.33 bits per heavy atom. The van der Waals surface area contributed by atoms with Crippen LogP contribution in [0.5, 0.6) is 11.5 Å². The van der Waals surface area contributed by atoms with Gasteiger partial charge in [0.15, 0.2) is 0 Å². The van der Waals surface area contributed by atoms with Crippen molar-refractivity contribution in [2.75, 3.05) is 0 Å². The summed E-state index contributed by atoms with van der Waals surface area (Å²) in [4.78, 5) is 12.2. The molecule has 3 nitrogen and oxygen atoms in total. The Bertz CT molecular complexity index is 599. The highest BCUT2D eigenvalue weighted by Crippen LogP contribution is 2.37. The molecule has 0 fully saturated rings. The molecule has 2 N–H and O–H groups in total. The van der Waals surface area contributed by atoms with Gasteiger partial charge in [-0.15, -0.1) is 0 Å². The van der Waals surface area contributed by atoms with Crippen molar-refractivity contribution < 1.29 is 15.0 Å². The molecule has 2 rings (SSSR count). The maximum atomic E-state index is 12.2. The van der Waals surface area contributed by atoms with Crippen LogP contribution in [-0.2, 0) is 4.79 Å². The topological polar surface area (TPSA) is 57.5 Å². The summed E-state index contributed by atoms with van der Waals surface area (Å²) in [6, 6.07) is 13.8. The third kappa shape index (κ3) is 3.43. The molecule has 0 heterocycles. The SMILES string of the molecule is CC[C@@H](c1ccc(O)cc1)[C@H](C(C)=O)c1ccc(O)cc1. The average molecular weight is 284 g/mol. The summed E-state index contributed by atoms with van der Waals surface area (Å²) >= 11 is 0. The van der Waals surface area contributed by atoms with Crippen molar-refractivity contribution in [1.29, 1.82) is 0 Å². The van der Waals surface area contributed by atoms with Gasteiger partial charge < -0.3 is 10.2 Å². The predicted octanol–water partition coefficient (Wildman–Crippen LogP) is 3.96. The summed E-state index contributed by atoms with van der Waals surface area (Å²) < 4.78 is 0. The number of benzene rings is 2. The van der Waals surface area contributed by atoms with E-state index in [0.717, 1.165) is 17.5 Å². The Labute approximate surface area is 124 Å². The first-order chi connectivity index (χ1) is 10.0. The Kier molecular flexibility index (Phi) is 4.63. The highest BCUT2D eigenvalue weighted by Gasteiger charge is 2.27. The van der Waals surface area contributed by atoms with Gasteiger partial charge in [-0.3, -0.25) is 4.79 Å². The van der Waals surface area contributed by atoms with Crippen LogP contribution in [0.2, 0.25) is 0 Å². The van der Waals surface area contributed by atoms with Crippen molar-refractivity contribution in [3.8, 4) is 11.5 Å². The lowest BCUT2D eigenvalue weighted by atomic mass is 9.78. The van der Waals surface area contributed by atoms with Crippen molar-refractivity contribution in [2.24, 2.45) is 0 Å². The van der Waals surface area contributed by atoms with Gasteiger partial charge in [0.25, 0.3) is 0 Å². The van der Waals surface area contributed by atoms with Crippen molar-refractivity contribution in [3.05, 3.63) is 59.7 Å². The van der Waals surface area contributed by atoms with E-state index < -0.39 is 0 Å². The minimum Gasteiger partial charge on any atom is -0.508 e. The molecule has 2 aromatic rings. The Hall–Kier alpha value is -2.29. The molecular weight excluding hydrogens is 264 g/mol. The van der Waals surface area contributed by atoms with Crippen molar-refractivity contribution in [2.45, 2.75) is 32.1 Å². The number of rotatable bonds is 5. The van der Waals surface area contributed by atoms with Crippen LogP contribution in [0.25, 0.3) is 0 Å². The number of phenolic OH excluding ortho intramolecular Hbond substituents is 2. The number of hydrogen-bond acceptors (Lipinski definition) is 3. The molecule has 0 aliphatic heterocycles. The molecule has 0 radical (unpaired) electrons. The number of phenols is 2. The number of hydrogen-bond donors (Lipinski definition) is 2. The van der Waals surface area contributed by atoms with Gasteiger partial charge in [0.1, 0.15) is 17.3 Å². The lowest BCUT2D eigenvalue weighted by Gasteiger charge is -2.25.